The van der Waals surface area contributed by atoms with Crippen LogP contribution in [0.5, 0.6) is 0 Å². The molecule has 1 atom stereocenters. The number of carbonyl (C=O) groups is 1. The number of amides is 1. The first-order chi connectivity index (χ1) is 11.9. The van der Waals surface area contributed by atoms with Crippen molar-refractivity contribution < 1.29 is 4.79 Å². The zero-order chi connectivity index (χ0) is 17.6. The van der Waals surface area contributed by atoms with Crippen LogP contribution >= 0.6 is 0 Å². The van der Waals surface area contributed by atoms with Gasteiger partial charge < -0.3 is 5.32 Å². The molecule has 1 heterocycles. The Morgan fingerprint density at radius 2 is 2.04 bits per heavy atom. The van der Waals surface area contributed by atoms with Gasteiger partial charge >= 0.3 is 0 Å². The van der Waals surface area contributed by atoms with E-state index in [1.165, 1.54) is 23.2 Å². The fourth-order valence-electron chi connectivity index (χ4n) is 4.14. The highest BCUT2D eigenvalue weighted by atomic mass is 16.2. The van der Waals surface area contributed by atoms with Crippen LogP contribution in [0.1, 0.15) is 62.4 Å². The Morgan fingerprint density at radius 3 is 2.72 bits per heavy atom. The number of rotatable bonds is 3. The summed E-state index contributed by atoms with van der Waals surface area (Å²) < 4.78 is 2.08. The van der Waals surface area contributed by atoms with E-state index in [2.05, 4.69) is 55.0 Å². The van der Waals surface area contributed by atoms with Crippen LogP contribution in [0.15, 0.2) is 30.5 Å². The van der Waals surface area contributed by atoms with Gasteiger partial charge in [0.05, 0.1) is 23.6 Å². The van der Waals surface area contributed by atoms with Gasteiger partial charge in [-0.05, 0) is 49.7 Å². The van der Waals surface area contributed by atoms with Crippen LogP contribution in [0.3, 0.4) is 0 Å². The Kier molecular flexibility index (Phi) is 3.94. The summed E-state index contributed by atoms with van der Waals surface area (Å²) in [6.07, 6.45) is 7.17. The van der Waals surface area contributed by atoms with Crippen LogP contribution < -0.4 is 5.32 Å². The first kappa shape index (κ1) is 16.4. The highest BCUT2D eigenvalue weighted by Gasteiger charge is 2.37. The second kappa shape index (κ2) is 6.01. The summed E-state index contributed by atoms with van der Waals surface area (Å²) >= 11 is 0. The van der Waals surface area contributed by atoms with Gasteiger partial charge in [-0.3, -0.25) is 4.79 Å². The molecular weight excluding hydrogens is 310 g/mol. The van der Waals surface area contributed by atoms with Gasteiger partial charge in [0.25, 0.3) is 0 Å². The van der Waals surface area contributed by atoms with Crippen molar-refractivity contribution in [2.45, 2.75) is 58.9 Å². The minimum absolute atomic E-state index is 0.0737. The number of aryl methyl sites for hydroxylation is 1. The lowest BCUT2D eigenvalue weighted by Gasteiger charge is -2.37. The van der Waals surface area contributed by atoms with Crippen molar-refractivity contribution in [3.05, 3.63) is 47.3 Å². The number of aromatic nitrogens is 2. The van der Waals surface area contributed by atoms with Crippen LogP contribution in [0, 0.1) is 18.3 Å². The predicted molar refractivity (Wildman–Crippen MR) is 98.6 cm³/mol. The van der Waals surface area contributed by atoms with Crippen LogP contribution in [-0.4, -0.2) is 15.7 Å². The van der Waals surface area contributed by atoms with Crippen LogP contribution in [0.2, 0.25) is 0 Å². The molecule has 2 aliphatic carbocycles. The Labute approximate surface area is 149 Å². The van der Waals surface area contributed by atoms with Crippen molar-refractivity contribution in [1.82, 2.24) is 15.1 Å². The van der Waals surface area contributed by atoms with Gasteiger partial charge in [0, 0.05) is 11.5 Å². The molecule has 4 rings (SSSR count). The Bertz CT molecular complexity index is 801. The maximum atomic E-state index is 12.5. The van der Waals surface area contributed by atoms with Crippen LogP contribution in [-0.2, 0) is 11.2 Å². The fraction of sp³-hybridized carbons (Fsp3) is 0.524. The summed E-state index contributed by atoms with van der Waals surface area (Å²) in [6.45, 7) is 6.69. The van der Waals surface area contributed by atoms with E-state index in [1.54, 1.807) is 0 Å². The Balaban J connectivity index is 1.69. The summed E-state index contributed by atoms with van der Waals surface area (Å²) in [5, 5.41) is 8.02. The summed E-state index contributed by atoms with van der Waals surface area (Å²) in [5.41, 5.74) is 4.92. The Hall–Kier alpha value is -2.10. The number of hydrogen-bond donors (Lipinski definition) is 1. The summed E-state index contributed by atoms with van der Waals surface area (Å²) in [5.74, 6) is 0.448. The van der Waals surface area contributed by atoms with E-state index in [-0.39, 0.29) is 23.3 Å². The largest absolute Gasteiger partial charge is 0.349 e. The number of para-hydroxylation sites is 1. The highest BCUT2D eigenvalue weighted by molar-refractivity contribution is 5.80. The number of fused-ring (bicyclic) bond motifs is 1. The van der Waals surface area contributed by atoms with Crippen molar-refractivity contribution in [3.63, 3.8) is 0 Å². The van der Waals surface area contributed by atoms with Gasteiger partial charge in [-0.2, -0.15) is 5.10 Å². The summed E-state index contributed by atoms with van der Waals surface area (Å²) in [7, 11) is 0. The van der Waals surface area contributed by atoms with Crippen molar-refractivity contribution >= 4 is 5.91 Å². The molecule has 2 aromatic rings. The molecule has 132 valence electrons. The van der Waals surface area contributed by atoms with Gasteiger partial charge in [0.15, 0.2) is 0 Å². The van der Waals surface area contributed by atoms with Crippen molar-refractivity contribution in [1.29, 1.82) is 0 Å². The molecular formula is C21H27N3O. The minimum Gasteiger partial charge on any atom is -0.349 e. The van der Waals surface area contributed by atoms with Crippen molar-refractivity contribution in [2.24, 2.45) is 11.3 Å². The third-order valence-corrected chi connectivity index (χ3v) is 5.82. The second-order valence-corrected chi connectivity index (χ2v) is 8.48. The highest BCUT2D eigenvalue weighted by Crippen LogP contribution is 2.42. The molecule has 1 fully saturated rings. The van der Waals surface area contributed by atoms with Gasteiger partial charge in [0.2, 0.25) is 5.91 Å². The number of carbonyl (C=O) groups excluding carboxylic acids is 1. The van der Waals surface area contributed by atoms with Gasteiger partial charge in [0.1, 0.15) is 0 Å². The molecule has 0 radical (unpaired) electrons. The number of nitrogens with one attached hydrogen (secondary N) is 1. The number of hydrogen-bond acceptors (Lipinski definition) is 2. The van der Waals surface area contributed by atoms with Crippen molar-refractivity contribution in [2.75, 3.05) is 0 Å². The molecule has 0 bridgehead atoms. The zero-order valence-electron chi connectivity index (χ0n) is 15.4. The first-order valence-corrected chi connectivity index (χ1v) is 9.38. The third-order valence-electron chi connectivity index (χ3n) is 5.82. The molecule has 0 unspecified atom stereocenters. The molecule has 4 nitrogen and oxygen atoms in total. The number of nitrogens with zero attached hydrogens (tertiary/aromatic N) is 2. The monoisotopic (exact) mass is 337 g/mol. The zero-order valence-corrected chi connectivity index (χ0v) is 15.4. The summed E-state index contributed by atoms with van der Waals surface area (Å²) in [4.78, 5) is 12.5. The van der Waals surface area contributed by atoms with Crippen LogP contribution in [0.4, 0.5) is 0 Å². The Morgan fingerprint density at radius 1 is 1.28 bits per heavy atom. The van der Waals surface area contributed by atoms with E-state index >= 15 is 0 Å². The molecule has 1 aromatic carbocycles. The molecule has 1 saturated carbocycles. The average Bonchev–Trinajstić information content (AvgIpc) is 2.88. The molecule has 1 aromatic heterocycles. The van der Waals surface area contributed by atoms with E-state index in [0.717, 1.165) is 31.4 Å². The standard InChI is InChI=1S/C21H27N3O/c1-14-7-4-5-10-18(14)24-19-12-21(2,3)11-17(16(19)13-22-24)23-20(25)15-8-6-9-15/h4-5,7,10,13,15,17H,6,8-9,11-12H2,1-3H3,(H,23,25)/t17-/m0/s1. The number of benzene rings is 1. The smallest absolute Gasteiger partial charge is 0.223 e. The lowest BCUT2D eigenvalue weighted by molar-refractivity contribution is -0.128. The topological polar surface area (TPSA) is 46.9 Å². The molecule has 0 saturated heterocycles. The molecule has 2 aliphatic rings. The van der Waals surface area contributed by atoms with E-state index in [1.807, 2.05) is 6.20 Å². The maximum Gasteiger partial charge on any atom is 0.223 e. The van der Waals surface area contributed by atoms with E-state index < -0.39 is 0 Å². The molecule has 1 N–H and O–H groups in total. The van der Waals surface area contributed by atoms with E-state index in [9.17, 15) is 4.79 Å². The van der Waals surface area contributed by atoms with E-state index in [0.29, 0.717) is 0 Å². The van der Waals surface area contributed by atoms with Crippen molar-refractivity contribution in [3.8, 4) is 5.69 Å². The summed E-state index contributed by atoms with van der Waals surface area (Å²) in [6, 6.07) is 8.42. The average molecular weight is 337 g/mol. The van der Waals surface area contributed by atoms with Gasteiger partial charge in [-0.25, -0.2) is 4.68 Å². The van der Waals surface area contributed by atoms with E-state index in [4.69, 9.17) is 5.10 Å². The molecule has 25 heavy (non-hydrogen) atoms. The molecule has 1 amide bonds. The third kappa shape index (κ3) is 2.99. The molecule has 0 spiro atoms. The predicted octanol–water partition coefficient (Wildman–Crippen LogP) is 4.11. The molecule has 0 aliphatic heterocycles. The second-order valence-electron chi connectivity index (χ2n) is 8.48. The van der Waals surface area contributed by atoms with Gasteiger partial charge in [-0.15, -0.1) is 0 Å². The lowest BCUT2D eigenvalue weighted by Crippen LogP contribution is -2.41. The lowest BCUT2D eigenvalue weighted by atomic mass is 9.74. The molecule has 4 heteroatoms. The first-order valence-electron chi connectivity index (χ1n) is 9.38. The fourth-order valence-corrected chi connectivity index (χ4v) is 4.14. The van der Waals surface area contributed by atoms with Crippen LogP contribution in [0.25, 0.3) is 5.69 Å². The van der Waals surface area contributed by atoms with Gasteiger partial charge in [-0.1, -0.05) is 38.5 Å². The normalized spacial score (nSPS) is 22.1. The SMILES string of the molecule is Cc1ccccc1-n1ncc2c1CC(C)(C)C[C@@H]2NC(=O)C1CCC1. The minimum atomic E-state index is 0.0737. The quantitative estimate of drug-likeness (QED) is 0.916. The maximum absolute atomic E-state index is 12.5.